The van der Waals surface area contributed by atoms with Crippen molar-refractivity contribution in [3.63, 3.8) is 0 Å². The lowest BCUT2D eigenvalue weighted by Crippen LogP contribution is -2.24. The fraction of sp³-hybridized carbons (Fsp3) is 0.286. The standard InChI is InChI=1S/C21H21NO5S/c1-12-4-6-17-15(11-26-18(17)8-12)9-20(24)27-13(2)21(25)19-7-5-16(28-19)10-22-14(3)23/h4-8,11,13H,9-10H2,1-3H3,(H,22,23). The van der Waals surface area contributed by atoms with E-state index in [1.807, 2.05) is 25.1 Å². The van der Waals surface area contributed by atoms with Gasteiger partial charge in [0.15, 0.2) is 6.10 Å². The van der Waals surface area contributed by atoms with Crippen LogP contribution in [-0.4, -0.2) is 23.8 Å². The molecule has 0 saturated carbocycles. The Morgan fingerprint density at radius 1 is 1.21 bits per heavy atom. The van der Waals surface area contributed by atoms with Crippen LogP contribution in [0.1, 0.15) is 39.5 Å². The van der Waals surface area contributed by atoms with Crippen LogP contribution in [0.25, 0.3) is 11.0 Å². The Morgan fingerprint density at radius 2 is 2.00 bits per heavy atom. The van der Waals surface area contributed by atoms with E-state index in [4.69, 9.17) is 9.15 Å². The molecule has 1 unspecified atom stereocenters. The molecule has 0 aliphatic rings. The van der Waals surface area contributed by atoms with Gasteiger partial charge in [-0.2, -0.15) is 0 Å². The summed E-state index contributed by atoms with van der Waals surface area (Å²) in [4.78, 5) is 37.1. The molecule has 0 aliphatic heterocycles. The van der Waals surface area contributed by atoms with Gasteiger partial charge in [-0.25, -0.2) is 0 Å². The van der Waals surface area contributed by atoms with E-state index in [0.717, 1.165) is 27.0 Å². The van der Waals surface area contributed by atoms with Gasteiger partial charge in [-0.15, -0.1) is 11.3 Å². The number of fused-ring (bicyclic) bond motifs is 1. The van der Waals surface area contributed by atoms with Gasteiger partial charge in [0.1, 0.15) is 5.58 Å². The molecule has 0 fully saturated rings. The van der Waals surface area contributed by atoms with Crippen molar-refractivity contribution in [2.75, 3.05) is 0 Å². The third-order valence-corrected chi connectivity index (χ3v) is 5.34. The highest BCUT2D eigenvalue weighted by Crippen LogP contribution is 2.23. The number of benzene rings is 1. The number of ether oxygens (including phenoxy) is 1. The van der Waals surface area contributed by atoms with E-state index in [-0.39, 0.29) is 18.1 Å². The SMILES string of the molecule is CC(=O)NCc1ccc(C(=O)C(C)OC(=O)Cc2coc3cc(C)ccc23)s1. The quantitative estimate of drug-likeness (QED) is 0.482. The third-order valence-electron chi connectivity index (χ3n) is 4.24. The number of carbonyl (C=O) groups is 3. The molecule has 1 amide bonds. The monoisotopic (exact) mass is 399 g/mol. The molecule has 28 heavy (non-hydrogen) atoms. The van der Waals surface area contributed by atoms with Crippen LogP contribution in [0.4, 0.5) is 0 Å². The molecule has 0 saturated heterocycles. The average Bonchev–Trinajstić information content (AvgIpc) is 3.26. The number of nitrogens with one attached hydrogen (secondary N) is 1. The van der Waals surface area contributed by atoms with E-state index >= 15 is 0 Å². The Balaban J connectivity index is 1.60. The van der Waals surface area contributed by atoms with Crippen LogP contribution in [0.5, 0.6) is 0 Å². The Kier molecular flexibility index (Phi) is 5.94. The van der Waals surface area contributed by atoms with Crippen LogP contribution in [0, 0.1) is 6.92 Å². The van der Waals surface area contributed by atoms with Gasteiger partial charge in [0.05, 0.1) is 24.1 Å². The second-order valence-electron chi connectivity index (χ2n) is 6.61. The molecule has 3 aromatic rings. The number of esters is 1. The van der Waals surface area contributed by atoms with Gasteiger partial charge in [-0.1, -0.05) is 12.1 Å². The van der Waals surface area contributed by atoms with E-state index in [9.17, 15) is 14.4 Å². The van der Waals surface area contributed by atoms with Gasteiger partial charge in [-0.3, -0.25) is 14.4 Å². The van der Waals surface area contributed by atoms with Crippen molar-refractivity contribution in [3.8, 4) is 0 Å². The van der Waals surface area contributed by atoms with Crippen LogP contribution in [0.3, 0.4) is 0 Å². The van der Waals surface area contributed by atoms with Crippen molar-refractivity contribution < 1.29 is 23.5 Å². The van der Waals surface area contributed by atoms with Crippen molar-refractivity contribution in [3.05, 3.63) is 57.5 Å². The molecule has 0 radical (unpaired) electrons. The van der Waals surface area contributed by atoms with E-state index in [1.165, 1.54) is 18.3 Å². The molecule has 0 aliphatic carbocycles. The summed E-state index contributed by atoms with van der Waals surface area (Å²) in [5.74, 6) is -0.884. The first-order chi connectivity index (χ1) is 13.3. The topological polar surface area (TPSA) is 85.6 Å². The molecule has 1 N–H and O–H groups in total. The molecule has 0 bridgehead atoms. The Morgan fingerprint density at radius 3 is 2.75 bits per heavy atom. The minimum atomic E-state index is -0.889. The highest BCUT2D eigenvalue weighted by Gasteiger charge is 2.22. The third kappa shape index (κ3) is 4.67. The molecule has 3 rings (SSSR count). The zero-order valence-corrected chi connectivity index (χ0v) is 16.7. The van der Waals surface area contributed by atoms with E-state index in [0.29, 0.717) is 11.4 Å². The van der Waals surface area contributed by atoms with Crippen LogP contribution >= 0.6 is 11.3 Å². The Hall–Kier alpha value is -2.93. The molecule has 7 heteroatoms. The van der Waals surface area contributed by atoms with Crippen molar-refractivity contribution in [2.45, 2.75) is 39.8 Å². The van der Waals surface area contributed by atoms with Crippen molar-refractivity contribution in [2.24, 2.45) is 0 Å². The maximum absolute atomic E-state index is 12.5. The van der Waals surface area contributed by atoms with E-state index in [2.05, 4.69) is 5.32 Å². The maximum Gasteiger partial charge on any atom is 0.311 e. The molecule has 2 heterocycles. The van der Waals surface area contributed by atoms with Gasteiger partial charge >= 0.3 is 5.97 Å². The highest BCUT2D eigenvalue weighted by atomic mass is 32.1. The predicted octanol–water partition coefficient (Wildman–Crippen LogP) is 3.80. The van der Waals surface area contributed by atoms with Crippen LogP contribution < -0.4 is 5.32 Å². The second kappa shape index (κ2) is 8.39. The summed E-state index contributed by atoms with van der Waals surface area (Å²) >= 11 is 1.28. The normalized spacial score (nSPS) is 12.0. The molecule has 2 aromatic heterocycles. The molecule has 6 nitrogen and oxygen atoms in total. The number of thiophene rings is 1. The largest absolute Gasteiger partial charge is 0.464 e. The summed E-state index contributed by atoms with van der Waals surface area (Å²) in [5.41, 5.74) is 2.52. The van der Waals surface area contributed by atoms with Crippen LogP contribution in [0.2, 0.25) is 0 Å². The van der Waals surface area contributed by atoms with Crippen LogP contribution in [0.15, 0.2) is 41.0 Å². The minimum Gasteiger partial charge on any atom is -0.464 e. The molecule has 1 atom stereocenters. The van der Waals surface area contributed by atoms with Gasteiger partial charge in [0, 0.05) is 22.8 Å². The molecule has 146 valence electrons. The van der Waals surface area contributed by atoms with Gasteiger partial charge < -0.3 is 14.5 Å². The van der Waals surface area contributed by atoms with Gasteiger partial charge in [0.2, 0.25) is 11.7 Å². The lowest BCUT2D eigenvalue weighted by Gasteiger charge is -2.11. The number of furan rings is 1. The van der Waals surface area contributed by atoms with Crippen molar-refractivity contribution in [1.82, 2.24) is 5.32 Å². The summed E-state index contributed by atoms with van der Waals surface area (Å²) in [6.07, 6.45) is 0.692. The number of aryl methyl sites for hydroxylation is 1. The fourth-order valence-corrected chi connectivity index (χ4v) is 3.76. The number of Topliss-reactive ketones (excluding diaryl/α,β-unsaturated/α-hetero) is 1. The average molecular weight is 399 g/mol. The van der Waals surface area contributed by atoms with Crippen molar-refractivity contribution in [1.29, 1.82) is 0 Å². The number of carbonyl (C=O) groups excluding carboxylic acids is 3. The first kappa shape index (κ1) is 19.8. The minimum absolute atomic E-state index is 0.0336. The predicted molar refractivity (Wildman–Crippen MR) is 106 cm³/mol. The number of amides is 1. The maximum atomic E-state index is 12.5. The number of hydrogen-bond acceptors (Lipinski definition) is 6. The Labute approximate surface area is 166 Å². The summed E-state index contributed by atoms with van der Waals surface area (Å²) in [5, 5.41) is 3.55. The summed E-state index contributed by atoms with van der Waals surface area (Å²) in [6.45, 7) is 5.33. The summed E-state index contributed by atoms with van der Waals surface area (Å²) in [7, 11) is 0. The van der Waals surface area contributed by atoms with E-state index < -0.39 is 12.1 Å². The van der Waals surface area contributed by atoms with Crippen LogP contribution in [-0.2, 0) is 27.3 Å². The second-order valence-corrected chi connectivity index (χ2v) is 7.78. The molecular weight excluding hydrogens is 378 g/mol. The number of rotatable bonds is 7. The lowest BCUT2D eigenvalue weighted by molar-refractivity contribution is -0.145. The summed E-state index contributed by atoms with van der Waals surface area (Å²) < 4.78 is 10.8. The van der Waals surface area contributed by atoms with Crippen molar-refractivity contribution >= 4 is 40.0 Å². The van der Waals surface area contributed by atoms with Gasteiger partial charge in [-0.05, 0) is 37.6 Å². The first-order valence-corrected chi connectivity index (χ1v) is 9.68. The lowest BCUT2D eigenvalue weighted by atomic mass is 10.1. The number of hydrogen-bond donors (Lipinski definition) is 1. The number of ketones is 1. The fourth-order valence-electron chi connectivity index (χ4n) is 2.79. The first-order valence-electron chi connectivity index (χ1n) is 8.87. The zero-order valence-electron chi connectivity index (χ0n) is 15.9. The zero-order chi connectivity index (χ0) is 20.3. The molecule has 1 aromatic carbocycles. The Bertz CT molecular complexity index is 1030. The van der Waals surface area contributed by atoms with E-state index in [1.54, 1.807) is 25.3 Å². The smallest absolute Gasteiger partial charge is 0.311 e. The van der Waals surface area contributed by atoms with Gasteiger partial charge in [0.25, 0.3) is 0 Å². The highest BCUT2D eigenvalue weighted by molar-refractivity contribution is 7.14. The molecular formula is C21H21NO5S. The summed E-state index contributed by atoms with van der Waals surface area (Å²) in [6, 6.07) is 9.23. The molecule has 0 spiro atoms.